The number of benzene rings is 2. The molecule has 0 aromatic heterocycles. The number of hydrogen-bond acceptors (Lipinski definition) is 5. The maximum atomic E-state index is 12.9. The van der Waals surface area contributed by atoms with Crippen molar-refractivity contribution in [3.8, 4) is 0 Å². The largest absolute Gasteiger partial charge is 0.379 e. The standard InChI is InChI=1S/C23H31N3O4S/c1-3-26(4-2)31(28,29)21-12-8-11-20(17-21)23(27)24-18-22(19-9-6-5-7-10-19)25-13-15-30-16-14-25/h5-12,17,22H,3-4,13-16,18H2,1-2H3,(H,24,27)/t22-/m0/s1. The molecule has 7 nitrogen and oxygen atoms in total. The second kappa shape index (κ2) is 10.9. The lowest BCUT2D eigenvalue weighted by atomic mass is 10.0. The Balaban J connectivity index is 1.75. The Labute approximate surface area is 185 Å². The van der Waals surface area contributed by atoms with E-state index in [1.807, 2.05) is 18.2 Å². The SMILES string of the molecule is CCN(CC)S(=O)(=O)c1cccc(C(=O)NC[C@@H](c2ccccc2)N2CCOCC2)c1. The Kier molecular flexibility index (Phi) is 8.20. The summed E-state index contributed by atoms with van der Waals surface area (Å²) in [6.07, 6.45) is 0. The average molecular weight is 446 g/mol. The minimum Gasteiger partial charge on any atom is -0.379 e. The fourth-order valence-corrected chi connectivity index (χ4v) is 5.33. The molecule has 1 atom stereocenters. The molecular formula is C23H31N3O4S. The zero-order valence-corrected chi connectivity index (χ0v) is 19.0. The van der Waals surface area contributed by atoms with Crippen LogP contribution in [0.3, 0.4) is 0 Å². The molecule has 0 aliphatic carbocycles. The van der Waals surface area contributed by atoms with E-state index in [9.17, 15) is 13.2 Å². The summed E-state index contributed by atoms with van der Waals surface area (Å²) >= 11 is 0. The molecule has 168 valence electrons. The van der Waals surface area contributed by atoms with Gasteiger partial charge < -0.3 is 10.1 Å². The van der Waals surface area contributed by atoms with Crippen molar-refractivity contribution >= 4 is 15.9 Å². The van der Waals surface area contributed by atoms with Crippen molar-refractivity contribution in [1.29, 1.82) is 0 Å². The van der Waals surface area contributed by atoms with Gasteiger partial charge in [-0.1, -0.05) is 50.2 Å². The van der Waals surface area contributed by atoms with Gasteiger partial charge in [-0.15, -0.1) is 0 Å². The molecular weight excluding hydrogens is 414 g/mol. The Hall–Kier alpha value is -2.26. The molecule has 1 fully saturated rings. The number of carbonyl (C=O) groups excluding carboxylic acids is 1. The lowest BCUT2D eigenvalue weighted by molar-refractivity contribution is 0.0162. The number of morpholine rings is 1. The number of ether oxygens (including phenoxy) is 1. The van der Waals surface area contributed by atoms with Gasteiger partial charge in [0.1, 0.15) is 0 Å². The monoisotopic (exact) mass is 445 g/mol. The second-order valence-corrected chi connectivity index (χ2v) is 9.34. The van der Waals surface area contributed by atoms with Gasteiger partial charge in [0.05, 0.1) is 24.2 Å². The van der Waals surface area contributed by atoms with Crippen LogP contribution < -0.4 is 5.32 Å². The van der Waals surface area contributed by atoms with Crippen LogP contribution in [-0.2, 0) is 14.8 Å². The summed E-state index contributed by atoms with van der Waals surface area (Å²) in [4.78, 5) is 15.3. The van der Waals surface area contributed by atoms with Crippen molar-refractivity contribution in [3.05, 3.63) is 65.7 Å². The molecule has 1 N–H and O–H groups in total. The molecule has 1 heterocycles. The summed E-state index contributed by atoms with van der Waals surface area (Å²) in [5.74, 6) is -0.286. The van der Waals surface area contributed by atoms with Gasteiger partial charge in [-0.3, -0.25) is 9.69 Å². The molecule has 0 spiro atoms. The highest BCUT2D eigenvalue weighted by molar-refractivity contribution is 7.89. The first-order chi connectivity index (χ1) is 15.0. The van der Waals surface area contributed by atoms with Crippen LogP contribution in [0.25, 0.3) is 0 Å². The number of nitrogens with one attached hydrogen (secondary N) is 1. The highest BCUT2D eigenvalue weighted by Gasteiger charge is 2.25. The molecule has 31 heavy (non-hydrogen) atoms. The first-order valence-corrected chi connectivity index (χ1v) is 12.2. The summed E-state index contributed by atoms with van der Waals surface area (Å²) in [6.45, 7) is 7.72. The summed E-state index contributed by atoms with van der Waals surface area (Å²) in [6, 6.07) is 16.3. The maximum Gasteiger partial charge on any atom is 0.251 e. The van der Waals surface area contributed by atoms with Crippen LogP contribution in [0.1, 0.15) is 35.8 Å². The van der Waals surface area contributed by atoms with Crippen LogP contribution in [0.4, 0.5) is 0 Å². The van der Waals surface area contributed by atoms with Crippen molar-refractivity contribution < 1.29 is 17.9 Å². The Morgan fingerprint density at radius 2 is 1.74 bits per heavy atom. The van der Waals surface area contributed by atoms with E-state index in [0.29, 0.717) is 38.4 Å². The first-order valence-electron chi connectivity index (χ1n) is 10.7. The van der Waals surface area contributed by atoms with Crippen molar-refractivity contribution in [1.82, 2.24) is 14.5 Å². The Morgan fingerprint density at radius 3 is 2.39 bits per heavy atom. The third kappa shape index (κ3) is 5.71. The summed E-state index contributed by atoms with van der Waals surface area (Å²) < 4.78 is 32.5. The molecule has 3 rings (SSSR count). The van der Waals surface area contributed by atoms with Crippen LogP contribution in [-0.4, -0.2) is 69.5 Å². The highest BCUT2D eigenvalue weighted by atomic mass is 32.2. The van der Waals surface area contributed by atoms with Gasteiger partial charge in [0.15, 0.2) is 0 Å². The van der Waals surface area contributed by atoms with E-state index in [-0.39, 0.29) is 16.8 Å². The van der Waals surface area contributed by atoms with Crippen molar-refractivity contribution in [3.63, 3.8) is 0 Å². The zero-order chi connectivity index (χ0) is 22.3. The molecule has 2 aromatic carbocycles. The van der Waals surface area contributed by atoms with Crippen molar-refractivity contribution in [2.24, 2.45) is 0 Å². The molecule has 8 heteroatoms. The van der Waals surface area contributed by atoms with Gasteiger partial charge in [-0.2, -0.15) is 4.31 Å². The van der Waals surface area contributed by atoms with E-state index >= 15 is 0 Å². The van der Waals surface area contributed by atoms with E-state index in [1.54, 1.807) is 26.0 Å². The van der Waals surface area contributed by atoms with Gasteiger partial charge >= 0.3 is 0 Å². The maximum absolute atomic E-state index is 12.9. The molecule has 0 saturated carbocycles. The Morgan fingerprint density at radius 1 is 1.06 bits per heavy atom. The smallest absolute Gasteiger partial charge is 0.251 e. The third-order valence-corrected chi connectivity index (χ3v) is 7.61. The van der Waals surface area contributed by atoms with Crippen LogP contribution in [0.5, 0.6) is 0 Å². The van der Waals surface area contributed by atoms with Gasteiger partial charge in [-0.25, -0.2) is 8.42 Å². The van der Waals surface area contributed by atoms with Gasteiger partial charge in [-0.05, 0) is 23.8 Å². The fourth-order valence-electron chi connectivity index (χ4n) is 3.82. The summed E-state index contributed by atoms with van der Waals surface area (Å²) in [7, 11) is -3.62. The van der Waals surface area contributed by atoms with E-state index in [0.717, 1.165) is 18.7 Å². The summed E-state index contributed by atoms with van der Waals surface area (Å²) in [5, 5.41) is 3.00. The van der Waals surface area contributed by atoms with E-state index < -0.39 is 10.0 Å². The lowest BCUT2D eigenvalue weighted by Crippen LogP contribution is -2.43. The van der Waals surface area contributed by atoms with Gasteiger partial charge in [0, 0.05) is 38.3 Å². The molecule has 0 unspecified atom stereocenters. The van der Waals surface area contributed by atoms with Gasteiger partial charge in [0.25, 0.3) is 5.91 Å². The number of carbonyl (C=O) groups is 1. The topological polar surface area (TPSA) is 79.0 Å². The number of amides is 1. The predicted molar refractivity (Wildman–Crippen MR) is 120 cm³/mol. The first kappa shape index (κ1) is 23.4. The molecule has 0 radical (unpaired) electrons. The van der Waals surface area contributed by atoms with E-state index in [4.69, 9.17) is 4.74 Å². The van der Waals surface area contributed by atoms with Crippen LogP contribution >= 0.6 is 0 Å². The minimum absolute atomic E-state index is 0.0247. The summed E-state index contributed by atoms with van der Waals surface area (Å²) in [5.41, 5.74) is 1.46. The Bertz CT molecular complexity index is 956. The molecule has 1 amide bonds. The zero-order valence-electron chi connectivity index (χ0n) is 18.2. The highest BCUT2D eigenvalue weighted by Crippen LogP contribution is 2.22. The van der Waals surface area contributed by atoms with Crippen molar-refractivity contribution in [2.45, 2.75) is 24.8 Å². The van der Waals surface area contributed by atoms with Gasteiger partial charge in [0.2, 0.25) is 10.0 Å². The second-order valence-electron chi connectivity index (χ2n) is 7.40. The lowest BCUT2D eigenvalue weighted by Gasteiger charge is -2.35. The molecule has 1 saturated heterocycles. The van der Waals surface area contributed by atoms with Crippen LogP contribution in [0.15, 0.2) is 59.5 Å². The quantitative estimate of drug-likeness (QED) is 0.642. The molecule has 2 aromatic rings. The van der Waals surface area contributed by atoms with E-state index in [1.165, 1.54) is 16.4 Å². The molecule has 0 bridgehead atoms. The number of hydrogen-bond donors (Lipinski definition) is 1. The third-order valence-electron chi connectivity index (χ3n) is 5.57. The van der Waals surface area contributed by atoms with Crippen LogP contribution in [0.2, 0.25) is 0 Å². The predicted octanol–water partition coefficient (Wildman–Crippen LogP) is 2.52. The molecule has 1 aliphatic heterocycles. The minimum atomic E-state index is -3.62. The van der Waals surface area contributed by atoms with Crippen molar-refractivity contribution in [2.75, 3.05) is 45.9 Å². The van der Waals surface area contributed by atoms with E-state index in [2.05, 4.69) is 22.3 Å². The molecule has 1 aliphatic rings. The number of rotatable bonds is 9. The number of nitrogens with zero attached hydrogens (tertiary/aromatic N) is 2. The normalized spacial score (nSPS) is 16.2. The van der Waals surface area contributed by atoms with Crippen LogP contribution in [0, 0.1) is 0 Å². The fraction of sp³-hybridized carbons (Fsp3) is 0.435. The average Bonchev–Trinajstić information content (AvgIpc) is 2.81. The number of sulfonamides is 1.